The number of rotatable bonds is 11. The molecule has 4 rings (SSSR count). The number of nitrogens with one attached hydrogen (secondary N) is 2. The lowest BCUT2D eigenvalue weighted by atomic mass is 10.1. The molecule has 1 heterocycles. The molecule has 1 aromatic heterocycles. The third kappa shape index (κ3) is 7.28. The van der Waals surface area contributed by atoms with Crippen molar-refractivity contribution in [1.82, 2.24) is 20.4 Å². The summed E-state index contributed by atoms with van der Waals surface area (Å²) >= 11 is 1.46. The Morgan fingerprint density at radius 2 is 1.59 bits per heavy atom. The predicted octanol–water partition coefficient (Wildman–Crippen LogP) is 5.40. The second-order valence-corrected chi connectivity index (χ2v) is 9.84. The predicted molar refractivity (Wildman–Crippen MR) is 162 cm³/mol. The Balaban J connectivity index is 1.57. The van der Waals surface area contributed by atoms with Gasteiger partial charge in [0.1, 0.15) is 10.0 Å². The molecule has 1 amide bonds. The number of carbonyl (C=O) groups is 1. The van der Waals surface area contributed by atoms with E-state index < -0.39 is 5.91 Å². The Bertz CT molecular complexity index is 1480. The molecule has 0 fully saturated rings. The van der Waals surface area contributed by atoms with Gasteiger partial charge in [-0.3, -0.25) is 4.79 Å². The van der Waals surface area contributed by atoms with Gasteiger partial charge in [0.05, 0.1) is 11.4 Å². The largest absolute Gasteiger partial charge is 0.394 e. The Hall–Kier alpha value is -4.53. The number of amides is 1. The number of anilines is 1. The molecule has 0 bridgehead atoms. The van der Waals surface area contributed by atoms with Crippen LogP contribution in [-0.4, -0.2) is 48.2 Å². The molecule has 0 aliphatic carbocycles. The highest BCUT2D eigenvalue weighted by Crippen LogP contribution is 2.34. The van der Waals surface area contributed by atoms with E-state index in [0.717, 1.165) is 46.1 Å². The normalized spacial score (nSPS) is 11.7. The molecule has 0 radical (unpaired) electrons. The van der Waals surface area contributed by atoms with Crippen molar-refractivity contribution in [1.29, 1.82) is 0 Å². The number of nitrogens with two attached hydrogens (primary N) is 1. The fourth-order valence-electron chi connectivity index (χ4n) is 3.81. The van der Waals surface area contributed by atoms with Gasteiger partial charge in [-0.2, -0.15) is 0 Å². The lowest BCUT2D eigenvalue weighted by Crippen LogP contribution is -2.28. The Morgan fingerprint density at radius 1 is 0.949 bits per heavy atom. The van der Waals surface area contributed by atoms with Crippen molar-refractivity contribution in [2.75, 3.05) is 32.5 Å². The molecule has 0 saturated heterocycles. The molecule has 0 aliphatic heterocycles. The molecule has 0 aliphatic rings. The van der Waals surface area contributed by atoms with Gasteiger partial charge < -0.3 is 21.3 Å². The van der Waals surface area contributed by atoms with E-state index in [9.17, 15) is 4.79 Å². The van der Waals surface area contributed by atoms with Crippen molar-refractivity contribution < 1.29 is 4.79 Å². The van der Waals surface area contributed by atoms with Crippen LogP contribution in [0.5, 0.6) is 0 Å². The summed E-state index contributed by atoms with van der Waals surface area (Å²) in [5, 5.41) is 16.3. The minimum atomic E-state index is -0.409. The zero-order valence-corrected chi connectivity index (χ0v) is 22.9. The summed E-state index contributed by atoms with van der Waals surface area (Å²) in [5.74, 6) is -0.409. The second-order valence-electron chi connectivity index (χ2n) is 8.86. The Kier molecular flexibility index (Phi) is 9.39. The van der Waals surface area contributed by atoms with Gasteiger partial charge >= 0.3 is 0 Å². The van der Waals surface area contributed by atoms with Crippen LogP contribution in [0.3, 0.4) is 0 Å². The fourth-order valence-corrected chi connectivity index (χ4v) is 4.70. The average molecular weight is 537 g/mol. The lowest BCUT2D eigenvalue weighted by molar-refractivity contribution is -0.112. The van der Waals surface area contributed by atoms with Crippen LogP contribution in [0.1, 0.15) is 5.56 Å². The summed E-state index contributed by atoms with van der Waals surface area (Å²) in [5.41, 5.74) is 11.4. The quantitative estimate of drug-likeness (QED) is 0.175. The number of nitrogens with zero attached hydrogens (tertiary/aromatic N) is 3. The van der Waals surface area contributed by atoms with E-state index in [0.29, 0.717) is 10.7 Å². The van der Waals surface area contributed by atoms with Crippen molar-refractivity contribution in [2.24, 2.45) is 5.73 Å². The van der Waals surface area contributed by atoms with Crippen molar-refractivity contribution in [3.05, 3.63) is 121 Å². The number of likely N-dealkylation sites (N-methyl/N-ethyl adjacent to an activating group) is 2. The number of para-hydroxylation sites is 1. The number of allylic oxidation sites excluding steroid dienone is 3. The second kappa shape index (κ2) is 13.3. The van der Waals surface area contributed by atoms with Gasteiger partial charge in [0.15, 0.2) is 0 Å². The van der Waals surface area contributed by atoms with Crippen LogP contribution in [0.2, 0.25) is 0 Å². The first-order valence-electron chi connectivity index (χ1n) is 12.5. The van der Waals surface area contributed by atoms with Crippen LogP contribution in [0.15, 0.2) is 115 Å². The molecule has 7 nitrogen and oxygen atoms in total. The van der Waals surface area contributed by atoms with E-state index in [4.69, 9.17) is 5.73 Å². The molecule has 4 N–H and O–H groups in total. The van der Waals surface area contributed by atoms with Gasteiger partial charge in [-0.1, -0.05) is 90.7 Å². The number of hydrogen-bond donors (Lipinski definition) is 3. The first-order valence-corrected chi connectivity index (χ1v) is 13.4. The SMILES string of the molecule is C=C(/C=C(\C=C(/N)C(=O)Nc1ccccc1-c1nnc(-c2ccccc2)s1)N(C)CCNC)c1ccccc1. The monoisotopic (exact) mass is 536 g/mol. The zero-order chi connectivity index (χ0) is 27.6. The van der Waals surface area contributed by atoms with Crippen molar-refractivity contribution in [3.63, 3.8) is 0 Å². The molecule has 198 valence electrons. The molecular weight excluding hydrogens is 504 g/mol. The maximum Gasteiger partial charge on any atom is 0.271 e. The number of aromatic nitrogens is 2. The average Bonchev–Trinajstić information content (AvgIpc) is 3.47. The van der Waals surface area contributed by atoms with Gasteiger partial charge in [-0.25, -0.2) is 0 Å². The highest BCUT2D eigenvalue weighted by molar-refractivity contribution is 7.18. The highest BCUT2D eigenvalue weighted by atomic mass is 32.1. The van der Waals surface area contributed by atoms with E-state index in [1.807, 2.05) is 110 Å². The van der Waals surface area contributed by atoms with Crippen molar-refractivity contribution in [2.45, 2.75) is 0 Å². The van der Waals surface area contributed by atoms with Gasteiger partial charge in [-0.15, -0.1) is 10.2 Å². The molecule has 0 spiro atoms. The molecule has 0 unspecified atom stereocenters. The van der Waals surface area contributed by atoms with E-state index >= 15 is 0 Å². The van der Waals surface area contributed by atoms with Crippen LogP contribution in [-0.2, 0) is 4.79 Å². The Morgan fingerprint density at radius 3 is 2.31 bits per heavy atom. The van der Waals surface area contributed by atoms with E-state index in [1.54, 1.807) is 6.08 Å². The summed E-state index contributed by atoms with van der Waals surface area (Å²) in [6, 6.07) is 27.3. The summed E-state index contributed by atoms with van der Waals surface area (Å²) < 4.78 is 0. The summed E-state index contributed by atoms with van der Waals surface area (Å²) in [4.78, 5) is 15.3. The fraction of sp³-hybridized carbons (Fsp3) is 0.129. The van der Waals surface area contributed by atoms with Gasteiger partial charge in [-0.05, 0) is 42.5 Å². The van der Waals surface area contributed by atoms with Crippen LogP contribution in [0.4, 0.5) is 5.69 Å². The van der Waals surface area contributed by atoms with Gasteiger partial charge in [0.25, 0.3) is 5.91 Å². The first-order chi connectivity index (χ1) is 19.0. The molecule has 0 saturated carbocycles. The minimum Gasteiger partial charge on any atom is -0.394 e. The number of carbonyl (C=O) groups excluding carboxylic acids is 1. The molecule has 4 aromatic rings. The van der Waals surface area contributed by atoms with E-state index in [2.05, 4.69) is 27.4 Å². The number of benzene rings is 3. The highest BCUT2D eigenvalue weighted by Gasteiger charge is 2.15. The van der Waals surface area contributed by atoms with Crippen LogP contribution in [0.25, 0.3) is 26.7 Å². The third-order valence-corrected chi connectivity index (χ3v) is 7.03. The van der Waals surface area contributed by atoms with Crippen molar-refractivity contribution >= 4 is 28.5 Å². The first kappa shape index (κ1) is 27.5. The maximum atomic E-state index is 13.2. The summed E-state index contributed by atoms with van der Waals surface area (Å²) in [6.07, 6.45) is 3.62. The Labute approximate surface area is 233 Å². The third-order valence-electron chi connectivity index (χ3n) is 6.02. The van der Waals surface area contributed by atoms with Crippen LogP contribution in [0, 0.1) is 0 Å². The molecule has 39 heavy (non-hydrogen) atoms. The summed E-state index contributed by atoms with van der Waals surface area (Å²) in [6.45, 7) is 5.71. The smallest absolute Gasteiger partial charge is 0.271 e. The summed E-state index contributed by atoms with van der Waals surface area (Å²) in [7, 11) is 3.86. The zero-order valence-electron chi connectivity index (χ0n) is 22.1. The van der Waals surface area contributed by atoms with E-state index in [1.165, 1.54) is 11.3 Å². The maximum absolute atomic E-state index is 13.2. The van der Waals surface area contributed by atoms with Crippen LogP contribution >= 0.6 is 11.3 Å². The minimum absolute atomic E-state index is 0.0791. The standard InChI is InChI=1S/C31H32N6OS/c1-22(23-12-6-4-7-13-23)20-25(37(3)19-18-33-2)21-27(32)29(38)34-28-17-11-10-16-26(28)31-36-35-30(39-31)24-14-8-5-9-15-24/h4-17,20-21,33H,1,18-19,32H2,2-3H3,(H,34,38)/b25-20+,27-21-. The topological polar surface area (TPSA) is 96.2 Å². The van der Waals surface area contributed by atoms with Gasteiger partial charge in [0, 0.05) is 37.0 Å². The molecule has 0 atom stereocenters. The molecule has 3 aromatic carbocycles. The van der Waals surface area contributed by atoms with Gasteiger partial charge in [0.2, 0.25) is 0 Å². The van der Waals surface area contributed by atoms with E-state index in [-0.39, 0.29) is 5.70 Å². The van der Waals surface area contributed by atoms with Crippen LogP contribution < -0.4 is 16.4 Å². The molecule has 8 heteroatoms. The number of hydrogen-bond acceptors (Lipinski definition) is 7. The lowest BCUT2D eigenvalue weighted by Gasteiger charge is -2.21. The van der Waals surface area contributed by atoms with Crippen molar-refractivity contribution in [3.8, 4) is 21.1 Å². The molecular formula is C31H32N6OS.